The van der Waals surface area contributed by atoms with Crippen molar-refractivity contribution in [2.24, 2.45) is 0 Å². The average Bonchev–Trinajstić information content (AvgIpc) is 2.98. The Kier molecular flexibility index (Phi) is 7.69. The van der Waals surface area contributed by atoms with Crippen molar-refractivity contribution in [2.75, 3.05) is 32.8 Å². The third-order valence-electron chi connectivity index (χ3n) is 5.14. The largest absolute Gasteiger partial charge is 0.494 e. The SMILES string of the molecule is Cc1ccc(OCCCC(=O)N2CCCN(C(=O)c3c(F)cccc3Cl)CC2)cc1. The van der Waals surface area contributed by atoms with Gasteiger partial charge in [0.15, 0.2) is 0 Å². The topological polar surface area (TPSA) is 49.9 Å². The van der Waals surface area contributed by atoms with Gasteiger partial charge in [-0.05, 0) is 44.0 Å². The fraction of sp³-hybridized carbons (Fsp3) is 0.391. The molecule has 30 heavy (non-hydrogen) atoms. The molecule has 1 heterocycles. The molecule has 1 saturated heterocycles. The van der Waals surface area contributed by atoms with Crippen molar-refractivity contribution in [3.05, 3.63) is 64.4 Å². The van der Waals surface area contributed by atoms with E-state index in [9.17, 15) is 14.0 Å². The lowest BCUT2D eigenvalue weighted by molar-refractivity contribution is -0.131. The summed E-state index contributed by atoms with van der Waals surface area (Å²) in [6.07, 6.45) is 1.65. The predicted molar refractivity (Wildman–Crippen MR) is 114 cm³/mol. The summed E-state index contributed by atoms with van der Waals surface area (Å²) in [6.45, 7) is 4.31. The van der Waals surface area contributed by atoms with Crippen LogP contribution in [0.15, 0.2) is 42.5 Å². The van der Waals surface area contributed by atoms with Gasteiger partial charge in [-0.1, -0.05) is 35.4 Å². The second-order valence-electron chi connectivity index (χ2n) is 7.39. The van der Waals surface area contributed by atoms with Crippen molar-refractivity contribution < 1.29 is 18.7 Å². The fourth-order valence-corrected chi connectivity index (χ4v) is 3.68. The van der Waals surface area contributed by atoms with Crippen molar-refractivity contribution in [1.82, 2.24) is 9.80 Å². The molecule has 3 rings (SSSR count). The highest BCUT2D eigenvalue weighted by Gasteiger charge is 2.25. The number of hydrogen-bond acceptors (Lipinski definition) is 3. The molecule has 2 amide bonds. The first kappa shape index (κ1) is 22.1. The van der Waals surface area contributed by atoms with Gasteiger partial charge in [0.1, 0.15) is 11.6 Å². The zero-order valence-corrected chi connectivity index (χ0v) is 17.8. The molecule has 0 radical (unpaired) electrons. The third kappa shape index (κ3) is 5.72. The number of nitrogens with zero attached hydrogens (tertiary/aromatic N) is 2. The first-order valence-corrected chi connectivity index (χ1v) is 10.5. The van der Waals surface area contributed by atoms with Gasteiger partial charge in [0.05, 0.1) is 17.2 Å². The van der Waals surface area contributed by atoms with Gasteiger partial charge in [0, 0.05) is 32.6 Å². The Morgan fingerprint density at radius 2 is 1.73 bits per heavy atom. The van der Waals surface area contributed by atoms with Crippen molar-refractivity contribution in [1.29, 1.82) is 0 Å². The lowest BCUT2D eigenvalue weighted by Crippen LogP contribution is -2.37. The maximum Gasteiger partial charge on any atom is 0.258 e. The molecule has 5 nitrogen and oxygen atoms in total. The standard InChI is InChI=1S/C23H26ClFN2O3/c1-17-8-10-18(11-9-17)30-16-3-7-21(28)26-12-4-13-27(15-14-26)23(29)22-19(24)5-2-6-20(22)25/h2,5-6,8-11H,3-4,7,12-16H2,1H3. The van der Waals surface area contributed by atoms with Gasteiger partial charge in [-0.15, -0.1) is 0 Å². The fourth-order valence-electron chi connectivity index (χ4n) is 3.44. The first-order chi connectivity index (χ1) is 14.5. The van der Waals surface area contributed by atoms with Gasteiger partial charge < -0.3 is 14.5 Å². The van der Waals surface area contributed by atoms with Crippen LogP contribution in [0.25, 0.3) is 0 Å². The van der Waals surface area contributed by atoms with Gasteiger partial charge in [0.25, 0.3) is 5.91 Å². The molecule has 1 aliphatic heterocycles. The van der Waals surface area contributed by atoms with E-state index in [1.165, 1.54) is 23.8 Å². The molecule has 0 unspecified atom stereocenters. The molecular formula is C23H26ClFN2O3. The molecular weight excluding hydrogens is 407 g/mol. The molecule has 0 atom stereocenters. The van der Waals surface area contributed by atoms with Crippen LogP contribution >= 0.6 is 11.6 Å². The van der Waals surface area contributed by atoms with E-state index < -0.39 is 11.7 Å². The van der Waals surface area contributed by atoms with Crippen LogP contribution in [0.5, 0.6) is 5.75 Å². The lowest BCUT2D eigenvalue weighted by Gasteiger charge is -2.23. The molecule has 0 aromatic heterocycles. The van der Waals surface area contributed by atoms with Crippen LogP contribution in [0.4, 0.5) is 4.39 Å². The van der Waals surface area contributed by atoms with Gasteiger partial charge in [-0.25, -0.2) is 4.39 Å². The number of rotatable bonds is 6. The average molecular weight is 433 g/mol. The molecule has 1 fully saturated rings. The Morgan fingerprint density at radius 3 is 2.47 bits per heavy atom. The summed E-state index contributed by atoms with van der Waals surface area (Å²) in [6, 6.07) is 12.0. The Hall–Kier alpha value is -2.60. The van der Waals surface area contributed by atoms with E-state index in [0.29, 0.717) is 52.0 Å². The smallest absolute Gasteiger partial charge is 0.258 e. The molecule has 160 valence electrons. The number of halogens is 2. The van der Waals surface area contributed by atoms with E-state index in [2.05, 4.69) is 0 Å². The third-order valence-corrected chi connectivity index (χ3v) is 5.45. The highest BCUT2D eigenvalue weighted by molar-refractivity contribution is 6.33. The summed E-state index contributed by atoms with van der Waals surface area (Å²) in [5.41, 5.74) is 1.07. The summed E-state index contributed by atoms with van der Waals surface area (Å²) in [5, 5.41) is 0.103. The minimum atomic E-state index is -0.627. The Labute approximate surface area is 181 Å². The molecule has 2 aromatic rings. The van der Waals surface area contributed by atoms with Crippen LogP contribution in [0, 0.1) is 12.7 Å². The Morgan fingerprint density at radius 1 is 1.03 bits per heavy atom. The Bertz CT molecular complexity index is 868. The van der Waals surface area contributed by atoms with Gasteiger partial charge in [-0.3, -0.25) is 9.59 Å². The summed E-state index contributed by atoms with van der Waals surface area (Å²) < 4.78 is 19.7. The molecule has 7 heteroatoms. The zero-order chi connectivity index (χ0) is 21.5. The highest BCUT2D eigenvalue weighted by Crippen LogP contribution is 2.21. The van der Waals surface area contributed by atoms with Crippen molar-refractivity contribution in [3.8, 4) is 5.75 Å². The van der Waals surface area contributed by atoms with E-state index in [0.717, 1.165) is 5.75 Å². The van der Waals surface area contributed by atoms with Gasteiger partial charge >= 0.3 is 0 Å². The quantitative estimate of drug-likeness (QED) is 0.639. The van der Waals surface area contributed by atoms with Crippen LogP contribution in [-0.2, 0) is 4.79 Å². The van der Waals surface area contributed by atoms with E-state index in [1.807, 2.05) is 31.2 Å². The van der Waals surface area contributed by atoms with E-state index in [-0.39, 0.29) is 16.5 Å². The van der Waals surface area contributed by atoms with Crippen molar-refractivity contribution in [2.45, 2.75) is 26.2 Å². The highest BCUT2D eigenvalue weighted by atomic mass is 35.5. The number of carbonyl (C=O) groups is 2. The maximum absolute atomic E-state index is 14.1. The van der Waals surface area contributed by atoms with Crippen LogP contribution < -0.4 is 4.74 Å². The number of amides is 2. The van der Waals surface area contributed by atoms with E-state index in [4.69, 9.17) is 16.3 Å². The van der Waals surface area contributed by atoms with E-state index in [1.54, 1.807) is 9.80 Å². The molecule has 0 bridgehead atoms. The first-order valence-electron chi connectivity index (χ1n) is 10.2. The normalized spacial score (nSPS) is 14.4. The molecule has 1 aliphatic rings. The van der Waals surface area contributed by atoms with Crippen molar-refractivity contribution >= 4 is 23.4 Å². The summed E-state index contributed by atoms with van der Waals surface area (Å²) >= 11 is 6.02. The minimum Gasteiger partial charge on any atom is -0.494 e. The molecule has 0 saturated carbocycles. The lowest BCUT2D eigenvalue weighted by atomic mass is 10.1. The second kappa shape index (κ2) is 10.4. The van der Waals surface area contributed by atoms with Crippen LogP contribution in [0.2, 0.25) is 5.02 Å². The van der Waals surface area contributed by atoms with E-state index >= 15 is 0 Å². The summed E-state index contributed by atoms with van der Waals surface area (Å²) in [4.78, 5) is 28.6. The second-order valence-corrected chi connectivity index (χ2v) is 7.80. The van der Waals surface area contributed by atoms with Crippen LogP contribution in [0.3, 0.4) is 0 Å². The number of benzene rings is 2. The molecule has 0 spiro atoms. The summed E-state index contributed by atoms with van der Waals surface area (Å²) in [5.74, 6) is -0.221. The van der Waals surface area contributed by atoms with Crippen molar-refractivity contribution in [3.63, 3.8) is 0 Å². The zero-order valence-electron chi connectivity index (χ0n) is 17.1. The summed E-state index contributed by atoms with van der Waals surface area (Å²) in [7, 11) is 0. The monoisotopic (exact) mass is 432 g/mol. The minimum absolute atomic E-state index is 0.0423. The maximum atomic E-state index is 14.1. The molecule has 2 aromatic carbocycles. The van der Waals surface area contributed by atoms with Crippen LogP contribution in [0.1, 0.15) is 35.2 Å². The number of hydrogen-bond donors (Lipinski definition) is 0. The molecule has 0 N–H and O–H groups in total. The number of aryl methyl sites for hydroxylation is 1. The number of ether oxygens (including phenoxy) is 1. The predicted octanol–water partition coefficient (Wildman–Crippen LogP) is 4.32. The van der Waals surface area contributed by atoms with Gasteiger partial charge in [-0.2, -0.15) is 0 Å². The van der Waals surface area contributed by atoms with Gasteiger partial charge in [0.2, 0.25) is 5.91 Å². The Balaban J connectivity index is 1.46. The number of carbonyl (C=O) groups excluding carboxylic acids is 2. The molecule has 0 aliphatic carbocycles. The van der Waals surface area contributed by atoms with Crippen LogP contribution in [-0.4, -0.2) is 54.4 Å².